The van der Waals surface area contributed by atoms with Crippen molar-refractivity contribution in [3.63, 3.8) is 0 Å². The number of thiazole rings is 1. The first-order valence-corrected chi connectivity index (χ1v) is 10.2. The van der Waals surface area contributed by atoms with E-state index in [1.165, 1.54) is 18.9 Å². The summed E-state index contributed by atoms with van der Waals surface area (Å²) in [6.07, 6.45) is 3.27. The lowest BCUT2D eigenvalue weighted by molar-refractivity contribution is -0.0504. The average molecular weight is 410 g/mol. The molecule has 152 valence electrons. The van der Waals surface area contributed by atoms with Crippen molar-refractivity contribution in [3.05, 3.63) is 40.9 Å². The molecule has 1 aliphatic heterocycles. The van der Waals surface area contributed by atoms with Crippen LogP contribution < -0.4 is 20.3 Å². The second kappa shape index (κ2) is 10.2. The van der Waals surface area contributed by atoms with Crippen molar-refractivity contribution in [2.24, 2.45) is 4.99 Å². The fourth-order valence-corrected chi connectivity index (χ4v) is 3.95. The van der Waals surface area contributed by atoms with Gasteiger partial charge in [-0.2, -0.15) is 8.78 Å². The number of rotatable bonds is 8. The van der Waals surface area contributed by atoms with Crippen LogP contribution in [0.4, 0.5) is 13.9 Å². The Balaban J connectivity index is 1.45. The van der Waals surface area contributed by atoms with Gasteiger partial charge in [-0.05, 0) is 18.9 Å². The molecule has 3 rings (SSSR count). The third-order valence-electron chi connectivity index (χ3n) is 4.45. The van der Waals surface area contributed by atoms with E-state index < -0.39 is 6.61 Å². The van der Waals surface area contributed by atoms with Crippen LogP contribution in [-0.4, -0.2) is 44.2 Å². The molecule has 1 fully saturated rings. The molecule has 0 spiro atoms. The van der Waals surface area contributed by atoms with Crippen molar-refractivity contribution in [3.8, 4) is 5.75 Å². The number of benzene rings is 1. The van der Waals surface area contributed by atoms with Crippen molar-refractivity contribution < 1.29 is 13.5 Å². The molecule has 0 saturated carbocycles. The third kappa shape index (κ3) is 5.79. The smallest absolute Gasteiger partial charge is 0.387 e. The Labute approximate surface area is 167 Å². The Morgan fingerprint density at radius 3 is 2.82 bits per heavy atom. The first-order chi connectivity index (χ1) is 13.7. The van der Waals surface area contributed by atoms with Gasteiger partial charge in [-0.25, -0.2) is 4.98 Å². The van der Waals surface area contributed by atoms with Crippen molar-refractivity contribution in [2.75, 3.05) is 31.6 Å². The number of ether oxygens (including phenoxy) is 1. The quantitative estimate of drug-likeness (QED) is 0.518. The second-order valence-corrected chi connectivity index (χ2v) is 7.24. The fourth-order valence-electron chi connectivity index (χ4n) is 3.03. The zero-order valence-corrected chi connectivity index (χ0v) is 16.6. The van der Waals surface area contributed by atoms with Gasteiger partial charge in [-0.15, -0.1) is 11.3 Å². The Bertz CT molecular complexity index is 777. The largest absolute Gasteiger partial charge is 0.434 e. The van der Waals surface area contributed by atoms with Crippen LogP contribution in [-0.2, 0) is 13.0 Å². The maximum absolute atomic E-state index is 12.5. The zero-order chi connectivity index (χ0) is 19.8. The Morgan fingerprint density at radius 1 is 1.29 bits per heavy atom. The SMILES string of the molecule is CN=C(NCCc1csc(N2CCCC2)n1)NCc1ccccc1OC(F)F. The predicted molar refractivity (Wildman–Crippen MR) is 109 cm³/mol. The van der Waals surface area contributed by atoms with Gasteiger partial charge in [-0.1, -0.05) is 18.2 Å². The summed E-state index contributed by atoms with van der Waals surface area (Å²) in [7, 11) is 1.67. The zero-order valence-electron chi connectivity index (χ0n) is 15.8. The molecule has 1 saturated heterocycles. The van der Waals surface area contributed by atoms with E-state index in [9.17, 15) is 8.78 Å². The molecule has 2 heterocycles. The number of aromatic nitrogens is 1. The topological polar surface area (TPSA) is 61.8 Å². The van der Waals surface area contributed by atoms with Crippen molar-refractivity contribution >= 4 is 22.4 Å². The van der Waals surface area contributed by atoms with Crippen LogP contribution in [0.2, 0.25) is 0 Å². The minimum atomic E-state index is -2.85. The maximum atomic E-state index is 12.5. The lowest BCUT2D eigenvalue weighted by Gasteiger charge is -2.14. The second-order valence-electron chi connectivity index (χ2n) is 6.40. The number of para-hydroxylation sites is 1. The summed E-state index contributed by atoms with van der Waals surface area (Å²) in [5.74, 6) is 0.763. The van der Waals surface area contributed by atoms with Gasteiger partial charge in [0.05, 0.1) is 5.69 Å². The van der Waals surface area contributed by atoms with Crippen molar-refractivity contribution in [1.82, 2.24) is 15.6 Å². The monoisotopic (exact) mass is 409 g/mol. The van der Waals surface area contributed by atoms with E-state index in [0.717, 1.165) is 30.3 Å². The van der Waals surface area contributed by atoms with Gasteiger partial charge in [-0.3, -0.25) is 4.99 Å². The van der Waals surface area contributed by atoms with E-state index in [0.29, 0.717) is 24.6 Å². The number of halogens is 2. The van der Waals surface area contributed by atoms with Crippen molar-refractivity contribution in [1.29, 1.82) is 0 Å². The molecule has 1 aromatic carbocycles. The molecule has 0 unspecified atom stereocenters. The van der Waals surface area contributed by atoms with E-state index in [1.807, 2.05) is 0 Å². The van der Waals surface area contributed by atoms with Gasteiger partial charge >= 0.3 is 6.61 Å². The predicted octanol–water partition coefficient (Wildman–Crippen LogP) is 3.25. The Kier molecular flexibility index (Phi) is 7.41. The lowest BCUT2D eigenvalue weighted by Crippen LogP contribution is -2.38. The molecule has 1 aromatic heterocycles. The highest BCUT2D eigenvalue weighted by Crippen LogP contribution is 2.24. The molecule has 2 N–H and O–H groups in total. The Morgan fingerprint density at radius 2 is 2.07 bits per heavy atom. The van der Waals surface area contributed by atoms with Gasteiger partial charge in [0.2, 0.25) is 0 Å². The average Bonchev–Trinajstić information content (AvgIpc) is 3.37. The standard InChI is InChI=1S/C19H25F2N5OS/c1-22-18(24-12-14-6-2-3-7-16(14)27-17(20)21)23-9-8-15-13-28-19(25-15)26-10-4-5-11-26/h2-3,6-7,13,17H,4-5,8-12H2,1H3,(H2,22,23,24). The molecule has 0 amide bonds. The van der Waals surface area contributed by atoms with Crippen LogP contribution in [0.1, 0.15) is 24.1 Å². The maximum Gasteiger partial charge on any atom is 0.387 e. The first-order valence-electron chi connectivity index (χ1n) is 9.32. The van der Waals surface area contributed by atoms with Crippen LogP contribution in [0.15, 0.2) is 34.6 Å². The number of nitrogens with zero attached hydrogens (tertiary/aromatic N) is 3. The van der Waals surface area contributed by atoms with Crippen LogP contribution in [0.3, 0.4) is 0 Å². The lowest BCUT2D eigenvalue weighted by atomic mass is 10.2. The van der Waals surface area contributed by atoms with Crippen LogP contribution in [0.25, 0.3) is 0 Å². The molecule has 28 heavy (non-hydrogen) atoms. The molecule has 0 radical (unpaired) electrons. The van der Waals surface area contributed by atoms with E-state index in [-0.39, 0.29) is 5.75 Å². The van der Waals surface area contributed by atoms with Crippen LogP contribution in [0, 0.1) is 0 Å². The molecular formula is C19H25F2N5OS. The van der Waals surface area contributed by atoms with Gasteiger partial charge < -0.3 is 20.3 Å². The first kappa shape index (κ1) is 20.3. The summed E-state index contributed by atoms with van der Waals surface area (Å²) < 4.78 is 29.6. The van der Waals surface area contributed by atoms with Gasteiger partial charge in [0.1, 0.15) is 5.75 Å². The summed E-state index contributed by atoms with van der Waals surface area (Å²) in [4.78, 5) is 11.2. The van der Waals surface area contributed by atoms with E-state index in [1.54, 1.807) is 36.6 Å². The summed E-state index contributed by atoms with van der Waals surface area (Å²) in [6.45, 7) is 0.357. The molecule has 0 atom stereocenters. The number of hydrogen-bond donors (Lipinski definition) is 2. The van der Waals surface area contributed by atoms with Crippen LogP contribution >= 0.6 is 11.3 Å². The number of aliphatic imine (C=N–C) groups is 1. The number of alkyl halides is 2. The highest BCUT2D eigenvalue weighted by atomic mass is 32.1. The number of anilines is 1. The van der Waals surface area contributed by atoms with E-state index >= 15 is 0 Å². The molecule has 0 bridgehead atoms. The summed E-state index contributed by atoms with van der Waals surface area (Å²) in [5.41, 5.74) is 1.70. The van der Waals surface area contributed by atoms with Gasteiger partial charge in [0, 0.05) is 50.6 Å². The van der Waals surface area contributed by atoms with E-state index in [2.05, 4.69) is 30.6 Å². The summed E-state index contributed by atoms with van der Waals surface area (Å²) in [6, 6.07) is 6.72. The Hall–Kier alpha value is -2.42. The number of hydrogen-bond acceptors (Lipinski definition) is 5. The molecule has 1 aliphatic rings. The minimum absolute atomic E-state index is 0.164. The van der Waals surface area contributed by atoms with Crippen molar-refractivity contribution in [2.45, 2.75) is 32.4 Å². The third-order valence-corrected chi connectivity index (χ3v) is 5.40. The van der Waals surface area contributed by atoms with E-state index in [4.69, 9.17) is 4.98 Å². The molecule has 6 nitrogen and oxygen atoms in total. The molecule has 0 aliphatic carbocycles. The van der Waals surface area contributed by atoms with Crippen LogP contribution in [0.5, 0.6) is 5.75 Å². The minimum Gasteiger partial charge on any atom is -0.434 e. The normalized spacial score (nSPS) is 14.6. The summed E-state index contributed by atoms with van der Waals surface area (Å²) >= 11 is 1.69. The molecular weight excluding hydrogens is 384 g/mol. The highest BCUT2D eigenvalue weighted by Gasteiger charge is 2.15. The fraction of sp³-hybridized carbons (Fsp3) is 0.474. The number of guanidine groups is 1. The number of nitrogens with one attached hydrogen (secondary N) is 2. The highest BCUT2D eigenvalue weighted by molar-refractivity contribution is 7.13. The molecule has 2 aromatic rings. The summed E-state index contributed by atoms with van der Waals surface area (Å²) in [5, 5.41) is 9.55. The molecule has 9 heteroatoms. The van der Waals surface area contributed by atoms with Gasteiger partial charge in [0.25, 0.3) is 0 Å². The van der Waals surface area contributed by atoms with Gasteiger partial charge in [0.15, 0.2) is 11.1 Å².